The van der Waals surface area contributed by atoms with Crippen LogP contribution in [-0.4, -0.2) is 46.5 Å². The summed E-state index contributed by atoms with van der Waals surface area (Å²) < 4.78 is 5.44. The van der Waals surface area contributed by atoms with Crippen molar-refractivity contribution in [3.8, 4) is 0 Å². The van der Waals surface area contributed by atoms with Gasteiger partial charge < -0.3 is 20.3 Å². The van der Waals surface area contributed by atoms with Crippen LogP contribution in [0.3, 0.4) is 0 Å². The maximum atomic E-state index is 14.0. The van der Waals surface area contributed by atoms with Crippen LogP contribution in [0.2, 0.25) is 0 Å². The second-order valence-electron chi connectivity index (χ2n) is 11.5. The van der Waals surface area contributed by atoms with Crippen LogP contribution in [0, 0.1) is 19.8 Å². The van der Waals surface area contributed by atoms with E-state index in [2.05, 4.69) is 10.6 Å². The number of carbonyl (C=O) groups is 3. The van der Waals surface area contributed by atoms with Gasteiger partial charge in [-0.2, -0.15) is 0 Å². The third kappa shape index (κ3) is 9.54. The van der Waals surface area contributed by atoms with Crippen molar-refractivity contribution in [2.45, 2.75) is 112 Å². The summed E-state index contributed by atoms with van der Waals surface area (Å²) in [5.41, 5.74) is 1.74. The first kappa shape index (κ1) is 30.5. The monoisotopic (exact) mass is 489 g/mol. The molecule has 0 heterocycles. The number of aryl methyl sites for hydroxylation is 2. The third-order valence-electron chi connectivity index (χ3n) is 5.80. The Morgan fingerprint density at radius 2 is 1.60 bits per heavy atom. The summed E-state index contributed by atoms with van der Waals surface area (Å²) in [7, 11) is 0. The molecule has 0 spiro atoms. The summed E-state index contributed by atoms with van der Waals surface area (Å²) in [5.74, 6) is -0.692. The van der Waals surface area contributed by atoms with Gasteiger partial charge in [-0.1, -0.05) is 45.4 Å². The first-order chi connectivity index (χ1) is 16.0. The van der Waals surface area contributed by atoms with Crippen molar-refractivity contribution in [2.75, 3.05) is 6.54 Å². The zero-order valence-corrected chi connectivity index (χ0v) is 23.7. The lowest BCUT2D eigenvalue weighted by molar-refractivity contribution is -0.144. The zero-order valence-electron chi connectivity index (χ0n) is 23.7. The van der Waals surface area contributed by atoms with Crippen LogP contribution in [0.15, 0.2) is 18.2 Å². The van der Waals surface area contributed by atoms with Crippen LogP contribution < -0.4 is 10.6 Å². The quantitative estimate of drug-likeness (QED) is 0.484. The lowest BCUT2D eigenvalue weighted by atomic mass is 9.94. The van der Waals surface area contributed by atoms with Crippen molar-refractivity contribution < 1.29 is 19.1 Å². The fourth-order valence-electron chi connectivity index (χ4n) is 3.75. The van der Waals surface area contributed by atoms with E-state index in [-0.39, 0.29) is 17.7 Å². The normalized spacial score (nSPS) is 14.5. The Kier molecular flexibility index (Phi) is 10.8. The highest BCUT2D eigenvalue weighted by atomic mass is 16.6. The van der Waals surface area contributed by atoms with Gasteiger partial charge in [-0.3, -0.25) is 9.59 Å². The second kappa shape index (κ2) is 12.4. The van der Waals surface area contributed by atoms with Crippen molar-refractivity contribution in [2.24, 2.45) is 5.92 Å². The van der Waals surface area contributed by atoms with Crippen molar-refractivity contribution in [1.82, 2.24) is 15.5 Å². The van der Waals surface area contributed by atoms with Crippen molar-refractivity contribution in [3.63, 3.8) is 0 Å². The molecule has 1 aromatic carbocycles. The highest BCUT2D eigenvalue weighted by Gasteiger charge is 2.38. The number of nitrogens with one attached hydrogen (secondary N) is 2. The molecule has 198 valence electrons. The molecule has 1 rings (SSSR count). The average molecular weight is 490 g/mol. The molecule has 3 atom stereocenters. The highest BCUT2D eigenvalue weighted by Crippen LogP contribution is 2.27. The van der Waals surface area contributed by atoms with Crippen LogP contribution in [0.1, 0.15) is 97.9 Å². The van der Waals surface area contributed by atoms with E-state index < -0.39 is 29.3 Å². The van der Waals surface area contributed by atoms with E-state index in [0.717, 1.165) is 16.7 Å². The summed E-state index contributed by atoms with van der Waals surface area (Å²) >= 11 is 0. The summed E-state index contributed by atoms with van der Waals surface area (Å²) in [5, 5.41) is 5.85. The van der Waals surface area contributed by atoms with Gasteiger partial charge in [-0.05, 0) is 84.4 Å². The van der Waals surface area contributed by atoms with Gasteiger partial charge in [0.1, 0.15) is 17.7 Å². The van der Waals surface area contributed by atoms with Gasteiger partial charge in [0, 0.05) is 12.1 Å². The minimum atomic E-state index is -0.826. The molecule has 0 fully saturated rings. The fourth-order valence-corrected chi connectivity index (χ4v) is 3.75. The van der Waals surface area contributed by atoms with Gasteiger partial charge in [0.2, 0.25) is 11.8 Å². The van der Waals surface area contributed by atoms with Crippen molar-refractivity contribution in [3.05, 3.63) is 34.9 Å². The van der Waals surface area contributed by atoms with Gasteiger partial charge in [-0.15, -0.1) is 0 Å². The second-order valence-corrected chi connectivity index (χ2v) is 11.5. The van der Waals surface area contributed by atoms with Crippen LogP contribution in [0.5, 0.6) is 0 Å². The average Bonchev–Trinajstić information content (AvgIpc) is 2.70. The first-order valence-electron chi connectivity index (χ1n) is 12.7. The molecule has 0 aliphatic rings. The Bertz CT molecular complexity index is 883. The molecule has 0 saturated carbocycles. The Morgan fingerprint density at radius 3 is 2.06 bits per heavy atom. The standard InChI is InChI=1S/C28H47N3O4/c1-12-16-31(25(33)22(18(3)13-2)29-26(34)35-28(9,10)11)23(24(32)30-27(6,7)8)21-15-14-19(4)20(5)17-21/h14-15,17-18,22-23H,12-13,16H2,1-11H3,(H,29,34)(H,30,32). The minimum absolute atomic E-state index is 0.152. The lowest BCUT2D eigenvalue weighted by Crippen LogP contribution is -2.56. The highest BCUT2D eigenvalue weighted by molar-refractivity contribution is 5.92. The maximum absolute atomic E-state index is 14.0. The van der Waals surface area contributed by atoms with Crippen LogP contribution in [0.4, 0.5) is 4.79 Å². The molecule has 2 N–H and O–H groups in total. The Labute approximate surface area is 212 Å². The SMILES string of the molecule is CCCN(C(=O)C(NC(=O)OC(C)(C)C)C(C)CC)C(C(=O)NC(C)(C)C)c1ccc(C)c(C)c1. The van der Waals surface area contributed by atoms with E-state index in [1.165, 1.54) is 0 Å². The van der Waals surface area contributed by atoms with Gasteiger partial charge in [0.25, 0.3) is 0 Å². The number of nitrogens with zero attached hydrogens (tertiary/aromatic N) is 1. The number of benzene rings is 1. The smallest absolute Gasteiger partial charge is 0.408 e. The van der Waals surface area contributed by atoms with E-state index in [1.807, 2.05) is 73.6 Å². The Morgan fingerprint density at radius 1 is 1.00 bits per heavy atom. The van der Waals surface area contributed by atoms with Crippen LogP contribution >= 0.6 is 0 Å². The lowest BCUT2D eigenvalue weighted by Gasteiger charge is -2.37. The molecule has 0 aliphatic heterocycles. The number of rotatable bonds is 9. The molecule has 7 nitrogen and oxygen atoms in total. The predicted molar refractivity (Wildman–Crippen MR) is 141 cm³/mol. The molecule has 7 heteroatoms. The fraction of sp³-hybridized carbons (Fsp3) is 0.679. The van der Waals surface area contributed by atoms with Gasteiger partial charge in [-0.25, -0.2) is 4.79 Å². The number of alkyl carbamates (subject to hydrolysis) is 1. The van der Waals surface area contributed by atoms with Crippen LogP contribution in [-0.2, 0) is 14.3 Å². The molecule has 0 saturated heterocycles. The summed E-state index contributed by atoms with van der Waals surface area (Å²) in [4.78, 5) is 41.9. The predicted octanol–water partition coefficient (Wildman–Crippen LogP) is 5.44. The number of amides is 3. The summed E-state index contributed by atoms with van der Waals surface area (Å²) in [6, 6.07) is 4.20. The number of hydrogen-bond donors (Lipinski definition) is 2. The molecule has 3 unspecified atom stereocenters. The Hall–Kier alpha value is -2.57. The molecule has 3 amide bonds. The molecule has 0 aromatic heterocycles. The van der Waals surface area contributed by atoms with E-state index in [4.69, 9.17) is 4.74 Å². The van der Waals surface area contributed by atoms with Crippen molar-refractivity contribution >= 4 is 17.9 Å². The number of hydrogen-bond acceptors (Lipinski definition) is 4. The largest absolute Gasteiger partial charge is 0.444 e. The molecule has 0 aliphatic carbocycles. The molecule has 0 bridgehead atoms. The van der Waals surface area contributed by atoms with Gasteiger partial charge in [0.15, 0.2) is 0 Å². The molecule has 35 heavy (non-hydrogen) atoms. The number of carbonyl (C=O) groups excluding carboxylic acids is 3. The van der Waals surface area contributed by atoms with Gasteiger partial charge >= 0.3 is 6.09 Å². The summed E-state index contributed by atoms with van der Waals surface area (Å²) in [6.07, 6.45) is 0.694. The maximum Gasteiger partial charge on any atom is 0.408 e. The molecular formula is C28H47N3O4. The minimum Gasteiger partial charge on any atom is -0.444 e. The zero-order chi connectivity index (χ0) is 27.1. The third-order valence-corrected chi connectivity index (χ3v) is 5.80. The van der Waals surface area contributed by atoms with E-state index >= 15 is 0 Å². The number of ether oxygens (including phenoxy) is 1. The van der Waals surface area contributed by atoms with E-state index in [9.17, 15) is 14.4 Å². The Balaban J connectivity index is 3.54. The first-order valence-corrected chi connectivity index (χ1v) is 12.7. The van der Waals surface area contributed by atoms with Crippen molar-refractivity contribution in [1.29, 1.82) is 0 Å². The van der Waals surface area contributed by atoms with Gasteiger partial charge in [0.05, 0.1) is 0 Å². The van der Waals surface area contributed by atoms with Crippen LogP contribution in [0.25, 0.3) is 0 Å². The molecule has 0 radical (unpaired) electrons. The molecule has 1 aromatic rings. The topological polar surface area (TPSA) is 87.7 Å². The van der Waals surface area contributed by atoms with E-state index in [0.29, 0.717) is 19.4 Å². The van der Waals surface area contributed by atoms with E-state index in [1.54, 1.807) is 25.7 Å². The summed E-state index contributed by atoms with van der Waals surface area (Å²) in [6.45, 7) is 21.3. The molecular weight excluding hydrogens is 442 g/mol.